The third-order valence-corrected chi connectivity index (χ3v) is 3.96. The number of aliphatic hydroxyl groups is 2. The van der Waals surface area contributed by atoms with Gasteiger partial charge in [0.25, 0.3) is 0 Å². The van der Waals surface area contributed by atoms with E-state index >= 15 is 0 Å². The number of rotatable bonds is 7. The van der Waals surface area contributed by atoms with Gasteiger partial charge in [-0.3, -0.25) is 4.57 Å². The van der Waals surface area contributed by atoms with Gasteiger partial charge in [0.15, 0.2) is 17.7 Å². The molecule has 0 aromatic carbocycles. The first-order chi connectivity index (χ1) is 11.6. The lowest BCUT2D eigenvalue weighted by Gasteiger charge is -2.16. The number of aliphatic hydroxyl groups excluding tert-OH is 2. The Labute approximate surface area is 137 Å². The molecular weight excluding hydrogens is 318 g/mol. The summed E-state index contributed by atoms with van der Waals surface area (Å²) in [6, 6.07) is 0. The second-order valence-corrected chi connectivity index (χ2v) is 5.56. The summed E-state index contributed by atoms with van der Waals surface area (Å²) in [6.07, 6.45) is -0.0218. The third-order valence-electron chi connectivity index (χ3n) is 3.96. The molecule has 1 aliphatic heterocycles. The number of anilines is 1. The normalized spacial score (nSPS) is 27.1. The summed E-state index contributed by atoms with van der Waals surface area (Å²) >= 11 is 0. The Morgan fingerprint density at radius 1 is 1.29 bits per heavy atom. The fraction of sp³-hybridized carbons (Fsp3) is 0.615. The number of nitrogens with two attached hydrogens (primary N) is 2. The van der Waals surface area contributed by atoms with Crippen molar-refractivity contribution in [1.29, 1.82) is 0 Å². The van der Waals surface area contributed by atoms with Crippen molar-refractivity contribution in [3.05, 3.63) is 12.7 Å². The van der Waals surface area contributed by atoms with Gasteiger partial charge in [0.1, 0.15) is 30.2 Å². The Bertz CT molecular complexity index is 681. The van der Waals surface area contributed by atoms with Crippen LogP contribution in [0.1, 0.15) is 12.6 Å². The summed E-state index contributed by atoms with van der Waals surface area (Å²) in [5.74, 6) is 5.19. The van der Waals surface area contributed by atoms with Crippen LogP contribution in [0.25, 0.3) is 11.2 Å². The minimum absolute atomic E-state index is 0.243. The van der Waals surface area contributed by atoms with Crippen LogP contribution in [-0.2, 0) is 9.57 Å². The number of imidazole rings is 1. The molecule has 3 heterocycles. The van der Waals surface area contributed by atoms with Gasteiger partial charge in [-0.2, -0.15) is 0 Å². The molecule has 24 heavy (non-hydrogen) atoms. The molecule has 0 amide bonds. The summed E-state index contributed by atoms with van der Waals surface area (Å²) in [7, 11) is 0. The van der Waals surface area contributed by atoms with Gasteiger partial charge in [0.05, 0.1) is 12.9 Å². The van der Waals surface area contributed by atoms with Gasteiger partial charge in [-0.05, 0) is 13.0 Å². The lowest BCUT2D eigenvalue weighted by Crippen LogP contribution is -2.38. The lowest BCUT2D eigenvalue weighted by atomic mass is 10.1. The van der Waals surface area contributed by atoms with Gasteiger partial charge >= 0.3 is 0 Å². The van der Waals surface area contributed by atoms with Crippen LogP contribution >= 0.6 is 0 Å². The standard InChI is InChI=1S/C13H21N7O4/c14-11-8-12(18-5-17-11)20(6-19-8)13-10(22)9(21)7(24-13)4-16-2-1-3-23-15/h5-7,9-10,13,16,21-22H,1-4,15H2,(H2,14,17,18)/t7-,9-,10-,13-/m1/s1. The molecule has 0 bridgehead atoms. The van der Waals surface area contributed by atoms with Crippen LogP contribution in [0.2, 0.25) is 0 Å². The average molecular weight is 339 g/mol. The molecule has 11 heteroatoms. The van der Waals surface area contributed by atoms with E-state index in [0.29, 0.717) is 30.9 Å². The van der Waals surface area contributed by atoms with E-state index in [1.165, 1.54) is 12.7 Å². The van der Waals surface area contributed by atoms with Crippen molar-refractivity contribution in [3.8, 4) is 0 Å². The predicted molar refractivity (Wildman–Crippen MR) is 83.3 cm³/mol. The van der Waals surface area contributed by atoms with Crippen molar-refractivity contribution in [2.75, 3.05) is 25.4 Å². The molecule has 0 radical (unpaired) electrons. The van der Waals surface area contributed by atoms with Crippen LogP contribution in [0.5, 0.6) is 0 Å². The highest BCUT2D eigenvalue weighted by Gasteiger charge is 2.44. The minimum Gasteiger partial charge on any atom is -0.387 e. The van der Waals surface area contributed by atoms with E-state index < -0.39 is 24.5 Å². The van der Waals surface area contributed by atoms with Gasteiger partial charge in [-0.25, -0.2) is 20.8 Å². The number of hydrogen-bond donors (Lipinski definition) is 5. The Balaban J connectivity index is 1.69. The molecule has 0 saturated carbocycles. The molecule has 1 aliphatic rings. The van der Waals surface area contributed by atoms with Crippen LogP contribution in [0.4, 0.5) is 5.82 Å². The third kappa shape index (κ3) is 3.17. The van der Waals surface area contributed by atoms with E-state index in [0.717, 1.165) is 6.42 Å². The van der Waals surface area contributed by atoms with Crippen molar-refractivity contribution in [3.63, 3.8) is 0 Å². The number of nitrogens with zero attached hydrogens (tertiary/aromatic N) is 4. The Morgan fingerprint density at radius 3 is 2.92 bits per heavy atom. The van der Waals surface area contributed by atoms with E-state index in [4.69, 9.17) is 16.4 Å². The highest BCUT2D eigenvalue weighted by atomic mass is 16.6. The molecule has 2 aromatic rings. The average Bonchev–Trinajstić information content (AvgIpc) is 3.12. The number of nitrogens with one attached hydrogen (secondary N) is 1. The number of nitrogen functional groups attached to an aromatic ring is 1. The summed E-state index contributed by atoms with van der Waals surface area (Å²) in [4.78, 5) is 16.6. The molecule has 1 fully saturated rings. The second-order valence-electron chi connectivity index (χ2n) is 5.56. The van der Waals surface area contributed by atoms with Crippen molar-refractivity contribution >= 4 is 17.0 Å². The first kappa shape index (κ1) is 17.0. The predicted octanol–water partition coefficient (Wildman–Crippen LogP) is -2.10. The van der Waals surface area contributed by atoms with Crippen LogP contribution in [0.15, 0.2) is 12.7 Å². The first-order valence-corrected chi connectivity index (χ1v) is 7.60. The zero-order valence-electron chi connectivity index (χ0n) is 12.9. The quantitative estimate of drug-likeness (QED) is 0.278. The minimum atomic E-state index is -1.11. The maximum absolute atomic E-state index is 10.3. The van der Waals surface area contributed by atoms with Gasteiger partial charge < -0.3 is 30.8 Å². The van der Waals surface area contributed by atoms with Crippen LogP contribution < -0.4 is 16.9 Å². The van der Waals surface area contributed by atoms with Crippen molar-refractivity contribution in [2.45, 2.75) is 31.0 Å². The molecule has 3 rings (SSSR count). The molecule has 4 atom stereocenters. The smallest absolute Gasteiger partial charge is 0.167 e. The maximum atomic E-state index is 10.3. The number of fused-ring (bicyclic) bond motifs is 1. The van der Waals surface area contributed by atoms with Crippen molar-refractivity contribution in [2.24, 2.45) is 5.90 Å². The van der Waals surface area contributed by atoms with Gasteiger partial charge in [0.2, 0.25) is 0 Å². The van der Waals surface area contributed by atoms with E-state index in [1.54, 1.807) is 4.57 Å². The summed E-state index contributed by atoms with van der Waals surface area (Å²) in [6.45, 7) is 1.47. The molecule has 0 aliphatic carbocycles. The fourth-order valence-corrected chi connectivity index (χ4v) is 2.71. The molecule has 11 nitrogen and oxygen atoms in total. The molecule has 7 N–H and O–H groups in total. The zero-order valence-corrected chi connectivity index (χ0v) is 12.9. The lowest BCUT2D eigenvalue weighted by molar-refractivity contribution is -0.0342. The number of ether oxygens (including phenoxy) is 1. The highest BCUT2D eigenvalue weighted by Crippen LogP contribution is 2.31. The topological polar surface area (TPSA) is 167 Å². The maximum Gasteiger partial charge on any atom is 0.167 e. The van der Waals surface area contributed by atoms with Crippen LogP contribution in [0.3, 0.4) is 0 Å². The second kappa shape index (κ2) is 7.34. The summed E-state index contributed by atoms with van der Waals surface area (Å²) in [5.41, 5.74) is 6.61. The van der Waals surface area contributed by atoms with Gasteiger partial charge in [-0.15, -0.1) is 0 Å². The van der Waals surface area contributed by atoms with E-state index in [9.17, 15) is 10.2 Å². The van der Waals surface area contributed by atoms with Crippen molar-refractivity contribution < 1.29 is 19.8 Å². The largest absolute Gasteiger partial charge is 0.387 e. The summed E-state index contributed by atoms with van der Waals surface area (Å²) in [5, 5.41) is 23.6. The van der Waals surface area contributed by atoms with Gasteiger partial charge in [-0.1, -0.05) is 0 Å². The first-order valence-electron chi connectivity index (χ1n) is 7.60. The highest BCUT2D eigenvalue weighted by molar-refractivity contribution is 5.81. The molecule has 2 aromatic heterocycles. The van der Waals surface area contributed by atoms with E-state index in [2.05, 4.69) is 25.1 Å². The molecule has 1 saturated heterocycles. The fourth-order valence-electron chi connectivity index (χ4n) is 2.71. The SMILES string of the molecule is NOCCCNC[C@H]1O[C@@H](n2cnc3c(N)ncnc32)[C@H](O)[C@@H]1O. The molecule has 0 spiro atoms. The Kier molecular flexibility index (Phi) is 5.18. The summed E-state index contributed by atoms with van der Waals surface area (Å²) < 4.78 is 7.33. The Morgan fingerprint density at radius 2 is 2.12 bits per heavy atom. The van der Waals surface area contributed by atoms with E-state index in [-0.39, 0.29) is 5.82 Å². The Hall–Kier alpha value is -1.89. The van der Waals surface area contributed by atoms with Gasteiger partial charge in [0, 0.05) is 6.54 Å². The molecule has 132 valence electrons. The van der Waals surface area contributed by atoms with Crippen molar-refractivity contribution in [1.82, 2.24) is 24.8 Å². The monoisotopic (exact) mass is 339 g/mol. The number of aromatic nitrogens is 4. The molecular formula is C13H21N7O4. The van der Waals surface area contributed by atoms with Crippen LogP contribution in [0, 0.1) is 0 Å². The van der Waals surface area contributed by atoms with Crippen LogP contribution in [-0.4, -0.2) is 67.7 Å². The number of hydrogen-bond acceptors (Lipinski definition) is 10. The molecule has 0 unspecified atom stereocenters. The van der Waals surface area contributed by atoms with E-state index in [1.807, 2.05) is 0 Å². The zero-order chi connectivity index (χ0) is 17.1.